The van der Waals surface area contributed by atoms with E-state index in [1.165, 1.54) is 19.2 Å². The first kappa shape index (κ1) is 12.6. The molecule has 18 heavy (non-hydrogen) atoms. The molecule has 1 aromatic carbocycles. The van der Waals surface area contributed by atoms with E-state index in [1.807, 2.05) is 18.2 Å². The Kier molecular flexibility index (Phi) is 4.34. The molecule has 96 valence electrons. The highest BCUT2D eigenvalue weighted by Crippen LogP contribution is 2.21. The molecule has 1 heterocycles. The van der Waals surface area contributed by atoms with Gasteiger partial charge in [-0.15, -0.1) is 10.2 Å². The molecular formula is C14H19N3O. The van der Waals surface area contributed by atoms with Crippen LogP contribution in [0, 0.1) is 0 Å². The molecule has 1 aromatic heterocycles. The van der Waals surface area contributed by atoms with Crippen LogP contribution in [0.25, 0.3) is 11.5 Å². The van der Waals surface area contributed by atoms with Crippen molar-refractivity contribution in [3.63, 3.8) is 0 Å². The first-order valence-corrected chi connectivity index (χ1v) is 6.46. The van der Waals surface area contributed by atoms with Crippen molar-refractivity contribution in [2.45, 2.75) is 39.2 Å². The van der Waals surface area contributed by atoms with E-state index in [2.05, 4.69) is 35.4 Å². The van der Waals surface area contributed by atoms with Gasteiger partial charge in [0.2, 0.25) is 12.3 Å². The van der Waals surface area contributed by atoms with Crippen molar-refractivity contribution in [2.24, 2.45) is 0 Å². The van der Waals surface area contributed by atoms with Crippen LogP contribution < -0.4 is 5.32 Å². The molecule has 0 aliphatic rings. The van der Waals surface area contributed by atoms with E-state index < -0.39 is 0 Å². The van der Waals surface area contributed by atoms with Crippen LogP contribution in [-0.4, -0.2) is 16.2 Å². The molecule has 2 aromatic rings. The SMILES string of the molecule is CCCC(CC)Nc1cccc(-c2nnco2)c1. The zero-order valence-corrected chi connectivity index (χ0v) is 10.9. The van der Waals surface area contributed by atoms with Gasteiger partial charge in [-0.2, -0.15) is 0 Å². The van der Waals surface area contributed by atoms with E-state index in [9.17, 15) is 0 Å². The quantitative estimate of drug-likeness (QED) is 0.842. The van der Waals surface area contributed by atoms with Crippen LogP contribution in [0.3, 0.4) is 0 Å². The van der Waals surface area contributed by atoms with E-state index in [0.717, 1.165) is 17.7 Å². The van der Waals surface area contributed by atoms with Gasteiger partial charge in [0, 0.05) is 17.3 Å². The van der Waals surface area contributed by atoms with Crippen LogP contribution in [0.4, 0.5) is 5.69 Å². The average Bonchev–Trinajstić information content (AvgIpc) is 2.92. The van der Waals surface area contributed by atoms with Crippen LogP contribution in [0.2, 0.25) is 0 Å². The molecule has 0 spiro atoms. The van der Waals surface area contributed by atoms with Gasteiger partial charge in [-0.1, -0.05) is 26.3 Å². The summed E-state index contributed by atoms with van der Waals surface area (Å²) in [6.45, 7) is 4.41. The van der Waals surface area contributed by atoms with Crippen molar-refractivity contribution in [2.75, 3.05) is 5.32 Å². The molecule has 4 nitrogen and oxygen atoms in total. The third-order valence-corrected chi connectivity index (χ3v) is 2.97. The number of hydrogen-bond donors (Lipinski definition) is 1. The summed E-state index contributed by atoms with van der Waals surface area (Å²) in [4.78, 5) is 0. The van der Waals surface area contributed by atoms with Crippen LogP contribution in [0.1, 0.15) is 33.1 Å². The number of nitrogens with zero attached hydrogens (tertiary/aromatic N) is 2. The number of aromatic nitrogens is 2. The lowest BCUT2D eigenvalue weighted by molar-refractivity contribution is 0.568. The van der Waals surface area contributed by atoms with Crippen LogP contribution >= 0.6 is 0 Å². The molecule has 1 N–H and O–H groups in total. The molecule has 0 aliphatic heterocycles. The van der Waals surface area contributed by atoms with Crippen LogP contribution in [0.15, 0.2) is 35.1 Å². The van der Waals surface area contributed by atoms with Crippen molar-refractivity contribution < 1.29 is 4.42 Å². The summed E-state index contributed by atoms with van der Waals surface area (Å²) in [6, 6.07) is 8.61. The predicted octanol–water partition coefficient (Wildman–Crippen LogP) is 3.73. The van der Waals surface area contributed by atoms with Crippen molar-refractivity contribution in [1.29, 1.82) is 0 Å². The Morgan fingerprint density at radius 1 is 1.33 bits per heavy atom. The lowest BCUT2D eigenvalue weighted by Crippen LogP contribution is -2.17. The van der Waals surface area contributed by atoms with Crippen molar-refractivity contribution in [3.05, 3.63) is 30.7 Å². The van der Waals surface area contributed by atoms with E-state index in [0.29, 0.717) is 11.9 Å². The third kappa shape index (κ3) is 3.09. The fourth-order valence-electron chi connectivity index (χ4n) is 2.00. The maximum atomic E-state index is 5.20. The Balaban J connectivity index is 2.12. The Labute approximate surface area is 107 Å². The maximum absolute atomic E-state index is 5.20. The number of nitrogens with one attached hydrogen (secondary N) is 1. The summed E-state index contributed by atoms with van der Waals surface area (Å²) in [7, 11) is 0. The van der Waals surface area contributed by atoms with Gasteiger partial charge in [-0.05, 0) is 31.0 Å². The van der Waals surface area contributed by atoms with Crippen molar-refractivity contribution >= 4 is 5.69 Å². The smallest absolute Gasteiger partial charge is 0.247 e. The normalized spacial score (nSPS) is 12.3. The summed E-state index contributed by atoms with van der Waals surface area (Å²) >= 11 is 0. The Morgan fingerprint density at radius 2 is 2.22 bits per heavy atom. The van der Waals surface area contributed by atoms with E-state index >= 15 is 0 Å². The average molecular weight is 245 g/mol. The topological polar surface area (TPSA) is 51.0 Å². The number of benzene rings is 1. The second-order valence-electron chi connectivity index (χ2n) is 4.36. The van der Waals surface area contributed by atoms with Crippen LogP contribution in [-0.2, 0) is 0 Å². The number of hydrogen-bond acceptors (Lipinski definition) is 4. The molecule has 4 heteroatoms. The minimum Gasteiger partial charge on any atom is -0.423 e. The fourth-order valence-corrected chi connectivity index (χ4v) is 2.00. The van der Waals surface area contributed by atoms with Crippen LogP contribution in [0.5, 0.6) is 0 Å². The number of anilines is 1. The van der Waals surface area contributed by atoms with Crippen molar-refractivity contribution in [1.82, 2.24) is 10.2 Å². The lowest BCUT2D eigenvalue weighted by atomic mass is 10.1. The first-order valence-electron chi connectivity index (χ1n) is 6.46. The van der Waals surface area contributed by atoms with Gasteiger partial charge in [0.25, 0.3) is 0 Å². The summed E-state index contributed by atoms with van der Waals surface area (Å²) in [5, 5.41) is 11.2. The molecule has 1 unspecified atom stereocenters. The highest BCUT2D eigenvalue weighted by molar-refractivity contribution is 5.61. The minimum absolute atomic E-state index is 0.521. The van der Waals surface area contributed by atoms with Gasteiger partial charge in [-0.3, -0.25) is 0 Å². The third-order valence-electron chi connectivity index (χ3n) is 2.97. The second-order valence-corrected chi connectivity index (χ2v) is 4.36. The Hall–Kier alpha value is -1.84. The Morgan fingerprint density at radius 3 is 2.89 bits per heavy atom. The Bertz CT molecular complexity index is 468. The second kappa shape index (κ2) is 6.19. The highest BCUT2D eigenvalue weighted by atomic mass is 16.4. The van der Waals surface area contributed by atoms with Crippen molar-refractivity contribution in [3.8, 4) is 11.5 Å². The van der Waals surface area contributed by atoms with E-state index in [4.69, 9.17) is 4.42 Å². The minimum atomic E-state index is 0.521. The van der Waals surface area contributed by atoms with Gasteiger partial charge >= 0.3 is 0 Å². The van der Waals surface area contributed by atoms with Gasteiger partial charge in [-0.25, -0.2) is 0 Å². The molecule has 0 aliphatic carbocycles. The van der Waals surface area contributed by atoms with E-state index in [-0.39, 0.29) is 0 Å². The molecule has 0 fully saturated rings. The summed E-state index contributed by atoms with van der Waals surface area (Å²) < 4.78 is 5.20. The van der Waals surface area contributed by atoms with E-state index in [1.54, 1.807) is 0 Å². The molecule has 2 rings (SSSR count). The summed E-state index contributed by atoms with van der Waals surface area (Å²) in [6.07, 6.45) is 4.84. The van der Waals surface area contributed by atoms with Gasteiger partial charge < -0.3 is 9.73 Å². The largest absolute Gasteiger partial charge is 0.423 e. The summed E-state index contributed by atoms with van der Waals surface area (Å²) in [5.41, 5.74) is 2.05. The maximum Gasteiger partial charge on any atom is 0.247 e. The van der Waals surface area contributed by atoms with Gasteiger partial charge in [0.05, 0.1) is 0 Å². The molecule has 1 atom stereocenters. The molecular weight excluding hydrogens is 226 g/mol. The molecule has 0 saturated heterocycles. The lowest BCUT2D eigenvalue weighted by Gasteiger charge is -2.17. The zero-order chi connectivity index (χ0) is 12.8. The molecule has 0 radical (unpaired) electrons. The zero-order valence-electron chi connectivity index (χ0n) is 10.9. The van der Waals surface area contributed by atoms with Gasteiger partial charge in [0.15, 0.2) is 0 Å². The molecule has 0 saturated carbocycles. The van der Waals surface area contributed by atoms with Gasteiger partial charge in [0.1, 0.15) is 0 Å². The first-order chi connectivity index (χ1) is 8.83. The fraction of sp³-hybridized carbons (Fsp3) is 0.429. The standard InChI is InChI=1S/C14H19N3O/c1-3-6-12(4-2)16-13-8-5-7-11(9-13)14-17-15-10-18-14/h5,7-10,12,16H,3-4,6H2,1-2H3. The summed E-state index contributed by atoms with van der Waals surface area (Å²) in [5.74, 6) is 0.558. The molecule has 0 amide bonds. The molecule has 0 bridgehead atoms. The predicted molar refractivity (Wildman–Crippen MR) is 72.3 cm³/mol. The number of rotatable bonds is 6. The monoisotopic (exact) mass is 245 g/mol. The highest BCUT2D eigenvalue weighted by Gasteiger charge is 2.07.